The van der Waals surface area contributed by atoms with Crippen molar-refractivity contribution in [3.63, 3.8) is 0 Å². The van der Waals surface area contributed by atoms with E-state index in [1.807, 2.05) is 24.7 Å². The summed E-state index contributed by atoms with van der Waals surface area (Å²) in [4.78, 5) is 10.8. The number of aromatic nitrogens is 2. The fourth-order valence-electron chi connectivity index (χ4n) is 1.06. The Morgan fingerprint density at radius 1 is 1.71 bits per heavy atom. The smallest absolute Gasteiger partial charge is 0.306 e. The van der Waals surface area contributed by atoms with E-state index < -0.39 is 0 Å². The summed E-state index contributed by atoms with van der Waals surface area (Å²) in [5, 5.41) is 5.28. The van der Waals surface area contributed by atoms with E-state index in [0.29, 0.717) is 6.42 Å². The molecule has 0 saturated carbocycles. The number of aryl methyl sites for hydroxylation is 2. The molecular weight excluding hydrogens is 200 g/mol. The molecule has 5 heteroatoms. The zero-order chi connectivity index (χ0) is 10.6. The number of carbonyl (C=O) groups excluding carboxylic acids is 1. The number of methoxy groups -OCH3 is 1. The molecule has 4 nitrogen and oxygen atoms in total. The Morgan fingerprint density at radius 2 is 2.43 bits per heavy atom. The van der Waals surface area contributed by atoms with Crippen molar-refractivity contribution in [3.05, 3.63) is 11.8 Å². The highest BCUT2D eigenvalue weighted by Crippen LogP contribution is 2.18. The topological polar surface area (TPSA) is 44.1 Å². The Hall–Kier alpha value is -0.970. The van der Waals surface area contributed by atoms with Crippen LogP contribution in [-0.4, -0.2) is 28.6 Å². The van der Waals surface area contributed by atoms with E-state index in [2.05, 4.69) is 9.84 Å². The molecule has 0 bridgehead atoms. The van der Waals surface area contributed by atoms with Gasteiger partial charge in [0.15, 0.2) is 0 Å². The Kier molecular flexibility index (Phi) is 4.00. The van der Waals surface area contributed by atoms with Gasteiger partial charge >= 0.3 is 5.97 Å². The fraction of sp³-hybridized carbons (Fsp3) is 0.556. The Bertz CT molecular complexity index is 323. The largest absolute Gasteiger partial charge is 0.469 e. The van der Waals surface area contributed by atoms with Crippen molar-refractivity contribution in [2.24, 2.45) is 7.05 Å². The van der Waals surface area contributed by atoms with Crippen molar-refractivity contribution in [2.45, 2.75) is 18.4 Å². The zero-order valence-electron chi connectivity index (χ0n) is 8.61. The van der Waals surface area contributed by atoms with Gasteiger partial charge in [-0.3, -0.25) is 9.48 Å². The quantitative estimate of drug-likeness (QED) is 0.561. The highest BCUT2D eigenvalue weighted by molar-refractivity contribution is 7.99. The molecule has 1 aromatic rings. The van der Waals surface area contributed by atoms with Gasteiger partial charge in [0.05, 0.1) is 24.3 Å². The van der Waals surface area contributed by atoms with Crippen LogP contribution in [0.5, 0.6) is 0 Å². The third-order valence-corrected chi connectivity index (χ3v) is 2.83. The third kappa shape index (κ3) is 3.06. The van der Waals surface area contributed by atoms with E-state index in [4.69, 9.17) is 0 Å². The lowest BCUT2D eigenvalue weighted by atomic mass is 10.5. The van der Waals surface area contributed by atoms with E-state index in [-0.39, 0.29) is 5.97 Å². The maximum Gasteiger partial charge on any atom is 0.306 e. The minimum Gasteiger partial charge on any atom is -0.469 e. The van der Waals surface area contributed by atoms with Gasteiger partial charge < -0.3 is 4.74 Å². The molecule has 0 aliphatic carbocycles. The van der Waals surface area contributed by atoms with Crippen LogP contribution in [0.25, 0.3) is 0 Å². The summed E-state index contributed by atoms with van der Waals surface area (Å²) in [6.07, 6.45) is 0.436. The van der Waals surface area contributed by atoms with Crippen LogP contribution in [0.4, 0.5) is 0 Å². The lowest BCUT2D eigenvalue weighted by Gasteiger charge is -2.00. The van der Waals surface area contributed by atoms with Crippen LogP contribution in [0, 0.1) is 6.92 Å². The van der Waals surface area contributed by atoms with Crippen LogP contribution in [0.2, 0.25) is 0 Å². The maximum atomic E-state index is 10.8. The Morgan fingerprint density at radius 3 is 2.93 bits per heavy atom. The third-order valence-electron chi connectivity index (χ3n) is 1.74. The van der Waals surface area contributed by atoms with Crippen molar-refractivity contribution in [1.82, 2.24) is 9.78 Å². The van der Waals surface area contributed by atoms with E-state index in [9.17, 15) is 4.79 Å². The van der Waals surface area contributed by atoms with Crippen LogP contribution in [0.15, 0.2) is 11.1 Å². The van der Waals surface area contributed by atoms with Crippen molar-refractivity contribution in [3.8, 4) is 0 Å². The van der Waals surface area contributed by atoms with Gasteiger partial charge in [0.1, 0.15) is 0 Å². The average molecular weight is 214 g/mol. The van der Waals surface area contributed by atoms with Crippen LogP contribution >= 0.6 is 11.8 Å². The van der Waals surface area contributed by atoms with E-state index in [1.165, 1.54) is 7.11 Å². The van der Waals surface area contributed by atoms with Crippen LogP contribution in [0.3, 0.4) is 0 Å². The molecule has 1 aromatic heterocycles. The molecule has 1 rings (SSSR count). The van der Waals surface area contributed by atoms with E-state index >= 15 is 0 Å². The molecule has 1 heterocycles. The van der Waals surface area contributed by atoms with Gasteiger partial charge in [0.25, 0.3) is 0 Å². The van der Waals surface area contributed by atoms with Crippen LogP contribution in [-0.2, 0) is 16.6 Å². The molecule has 0 amide bonds. The standard InChI is InChI=1S/C9H14N2O2S/c1-7-6-8(11(2)10-7)14-5-4-9(12)13-3/h6H,4-5H2,1-3H3. The lowest BCUT2D eigenvalue weighted by Crippen LogP contribution is -2.01. The summed E-state index contributed by atoms with van der Waals surface area (Å²) < 4.78 is 6.37. The molecule has 0 unspecified atom stereocenters. The summed E-state index contributed by atoms with van der Waals surface area (Å²) >= 11 is 1.61. The molecule has 0 saturated heterocycles. The highest BCUT2D eigenvalue weighted by Gasteiger charge is 2.04. The van der Waals surface area contributed by atoms with Crippen LogP contribution < -0.4 is 0 Å². The second kappa shape index (κ2) is 5.05. The molecule has 0 aliphatic heterocycles. The number of thioether (sulfide) groups is 1. The summed E-state index contributed by atoms with van der Waals surface area (Å²) in [7, 11) is 3.30. The first-order valence-corrected chi connectivity index (χ1v) is 5.32. The SMILES string of the molecule is COC(=O)CCSc1cc(C)nn1C. The predicted molar refractivity (Wildman–Crippen MR) is 55.3 cm³/mol. The fourth-order valence-corrected chi connectivity index (χ4v) is 2.02. The number of nitrogens with zero attached hydrogens (tertiary/aromatic N) is 2. The van der Waals surface area contributed by atoms with E-state index in [1.54, 1.807) is 11.8 Å². The first-order valence-electron chi connectivity index (χ1n) is 4.33. The Balaban J connectivity index is 2.38. The molecule has 0 radical (unpaired) electrons. The second-order valence-corrected chi connectivity index (χ2v) is 4.04. The van der Waals surface area contributed by atoms with Gasteiger partial charge in [0.2, 0.25) is 0 Å². The second-order valence-electron chi connectivity index (χ2n) is 2.92. The van der Waals surface area contributed by atoms with Gasteiger partial charge in [-0.25, -0.2) is 0 Å². The minimum absolute atomic E-state index is 0.170. The van der Waals surface area contributed by atoms with Gasteiger partial charge in [-0.1, -0.05) is 0 Å². The predicted octanol–water partition coefficient (Wildman–Crippen LogP) is 1.38. The number of esters is 1. The molecule has 0 aromatic carbocycles. The first kappa shape index (κ1) is 11.1. The first-order chi connectivity index (χ1) is 6.63. The number of carbonyl (C=O) groups is 1. The molecule has 0 fully saturated rings. The summed E-state index contributed by atoms with van der Waals surface area (Å²) in [6.45, 7) is 1.95. The van der Waals surface area contributed by atoms with Crippen molar-refractivity contribution >= 4 is 17.7 Å². The van der Waals surface area contributed by atoms with Crippen molar-refractivity contribution < 1.29 is 9.53 Å². The summed E-state index contributed by atoms with van der Waals surface area (Å²) in [6, 6.07) is 2.00. The lowest BCUT2D eigenvalue weighted by molar-refractivity contribution is -0.140. The van der Waals surface area contributed by atoms with Crippen molar-refractivity contribution in [2.75, 3.05) is 12.9 Å². The monoisotopic (exact) mass is 214 g/mol. The molecule has 0 aliphatic rings. The van der Waals surface area contributed by atoms with Crippen LogP contribution in [0.1, 0.15) is 12.1 Å². The normalized spacial score (nSPS) is 10.2. The van der Waals surface area contributed by atoms with Crippen molar-refractivity contribution in [1.29, 1.82) is 0 Å². The number of hydrogen-bond acceptors (Lipinski definition) is 4. The summed E-state index contributed by atoms with van der Waals surface area (Å²) in [5.74, 6) is 0.558. The van der Waals surface area contributed by atoms with Gasteiger partial charge in [0, 0.05) is 12.8 Å². The molecule has 0 atom stereocenters. The number of rotatable bonds is 4. The molecular formula is C9H14N2O2S. The highest BCUT2D eigenvalue weighted by atomic mass is 32.2. The Labute approximate surface area is 87.6 Å². The minimum atomic E-state index is -0.170. The number of hydrogen-bond donors (Lipinski definition) is 0. The maximum absolute atomic E-state index is 10.8. The van der Waals surface area contributed by atoms with Gasteiger partial charge in [-0.15, -0.1) is 11.8 Å². The molecule has 78 valence electrons. The molecule has 0 spiro atoms. The average Bonchev–Trinajstić information content (AvgIpc) is 2.45. The van der Waals surface area contributed by atoms with Gasteiger partial charge in [-0.2, -0.15) is 5.10 Å². The van der Waals surface area contributed by atoms with E-state index in [0.717, 1.165) is 16.5 Å². The van der Waals surface area contributed by atoms with Gasteiger partial charge in [-0.05, 0) is 13.0 Å². The number of ether oxygens (including phenoxy) is 1. The zero-order valence-corrected chi connectivity index (χ0v) is 9.43. The molecule has 14 heavy (non-hydrogen) atoms. The molecule has 0 N–H and O–H groups in total. The summed E-state index contributed by atoms with van der Waals surface area (Å²) in [5.41, 5.74) is 0.994.